The minimum Gasteiger partial charge on any atom is -0.374 e. The van der Waals surface area contributed by atoms with Crippen LogP contribution in [0.2, 0.25) is 0 Å². The Hall–Kier alpha value is -0.650. The Balaban J connectivity index is 1.41. The van der Waals surface area contributed by atoms with E-state index in [9.17, 15) is 4.79 Å². The molecule has 0 aromatic heterocycles. The lowest BCUT2D eigenvalue weighted by Gasteiger charge is -2.32. The predicted octanol–water partition coefficient (Wildman–Crippen LogP) is 0.213. The van der Waals surface area contributed by atoms with Gasteiger partial charge in [0.2, 0.25) is 5.91 Å². The standard InChI is InChI=1S/C15H27N3O2/c1-2-18-7-8-20-12(11-18)10-17-14(19)13-9-15(13)3-5-16-6-4-15/h12-13,16H,2-11H2,1H3,(H,17,19). The van der Waals surface area contributed by atoms with Crippen molar-refractivity contribution in [3.63, 3.8) is 0 Å². The molecule has 0 bridgehead atoms. The van der Waals surface area contributed by atoms with Gasteiger partial charge in [0.15, 0.2) is 0 Å². The fraction of sp³-hybridized carbons (Fsp3) is 0.933. The number of carbonyl (C=O) groups excluding carboxylic acids is 1. The Labute approximate surface area is 121 Å². The summed E-state index contributed by atoms with van der Waals surface area (Å²) in [7, 11) is 0. The molecule has 1 spiro atoms. The van der Waals surface area contributed by atoms with Gasteiger partial charge in [-0.2, -0.15) is 0 Å². The van der Waals surface area contributed by atoms with Crippen molar-refractivity contribution in [1.82, 2.24) is 15.5 Å². The first kappa shape index (κ1) is 14.3. The fourth-order valence-electron chi connectivity index (χ4n) is 3.72. The second-order valence-corrected chi connectivity index (χ2v) is 6.50. The van der Waals surface area contributed by atoms with Crippen LogP contribution in [0.1, 0.15) is 26.2 Å². The van der Waals surface area contributed by atoms with E-state index in [0.717, 1.165) is 58.6 Å². The smallest absolute Gasteiger partial charge is 0.223 e. The van der Waals surface area contributed by atoms with Gasteiger partial charge in [0, 0.05) is 25.6 Å². The SMILES string of the molecule is CCN1CCOC(CNC(=O)C2CC23CCNCC3)C1. The average Bonchev–Trinajstić information content (AvgIpc) is 3.19. The van der Waals surface area contributed by atoms with Crippen LogP contribution in [0.4, 0.5) is 0 Å². The molecule has 2 aliphatic heterocycles. The molecule has 0 aromatic rings. The molecule has 3 aliphatic rings. The molecule has 2 atom stereocenters. The summed E-state index contributed by atoms with van der Waals surface area (Å²) in [5, 5.41) is 6.50. The van der Waals surface area contributed by atoms with E-state index in [4.69, 9.17) is 4.74 Å². The van der Waals surface area contributed by atoms with Crippen molar-refractivity contribution in [3.8, 4) is 0 Å². The number of carbonyl (C=O) groups is 1. The highest BCUT2D eigenvalue weighted by molar-refractivity contribution is 5.82. The van der Waals surface area contributed by atoms with E-state index in [1.165, 1.54) is 0 Å². The first-order valence-corrected chi connectivity index (χ1v) is 8.06. The van der Waals surface area contributed by atoms with Gasteiger partial charge >= 0.3 is 0 Å². The number of likely N-dealkylation sites (N-methyl/N-ethyl adjacent to an activating group) is 1. The summed E-state index contributed by atoms with van der Waals surface area (Å²) in [4.78, 5) is 14.7. The average molecular weight is 281 g/mol. The maximum atomic E-state index is 12.3. The maximum Gasteiger partial charge on any atom is 0.223 e. The zero-order valence-electron chi connectivity index (χ0n) is 12.5. The number of amides is 1. The molecule has 5 nitrogen and oxygen atoms in total. The van der Waals surface area contributed by atoms with Crippen LogP contribution in [0.25, 0.3) is 0 Å². The molecule has 2 unspecified atom stereocenters. The van der Waals surface area contributed by atoms with E-state index in [2.05, 4.69) is 22.5 Å². The van der Waals surface area contributed by atoms with Crippen LogP contribution in [0.5, 0.6) is 0 Å². The summed E-state index contributed by atoms with van der Waals surface area (Å²) in [5.41, 5.74) is 0.332. The molecular weight excluding hydrogens is 254 g/mol. The van der Waals surface area contributed by atoms with Gasteiger partial charge in [-0.05, 0) is 44.3 Å². The van der Waals surface area contributed by atoms with Crippen LogP contribution in [-0.2, 0) is 9.53 Å². The van der Waals surface area contributed by atoms with Crippen LogP contribution in [0.15, 0.2) is 0 Å². The Morgan fingerprint density at radius 2 is 2.25 bits per heavy atom. The first-order valence-electron chi connectivity index (χ1n) is 8.06. The summed E-state index contributed by atoms with van der Waals surface area (Å²) in [5.74, 6) is 0.514. The normalized spacial score (nSPS) is 33.0. The van der Waals surface area contributed by atoms with E-state index in [0.29, 0.717) is 12.0 Å². The van der Waals surface area contributed by atoms with Crippen LogP contribution >= 0.6 is 0 Å². The second-order valence-electron chi connectivity index (χ2n) is 6.50. The molecule has 20 heavy (non-hydrogen) atoms. The number of hydrogen-bond acceptors (Lipinski definition) is 4. The number of nitrogens with one attached hydrogen (secondary N) is 2. The summed E-state index contributed by atoms with van der Waals surface area (Å²) in [6.07, 6.45) is 3.58. The number of rotatable bonds is 4. The van der Waals surface area contributed by atoms with E-state index in [1.807, 2.05) is 0 Å². The lowest BCUT2D eigenvalue weighted by molar-refractivity contribution is -0.124. The minimum atomic E-state index is 0.162. The topological polar surface area (TPSA) is 53.6 Å². The molecule has 2 heterocycles. The first-order chi connectivity index (χ1) is 9.73. The zero-order chi connectivity index (χ0) is 14.0. The van der Waals surface area contributed by atoms with Gasteiger partial charge in [0.1, 0.15) is 0 Å². The van der Waals surface area contributed by atoms with Gasteiger partial charge in [0.25, 0.3) is 0 Å². The van der Waals surface area contributed by atoms with Crippen LogP contribution in [0.3, 0.4) is 0 Å². The molecule has 0 radical (unpaired) electrons. The molecule has 1 amide bonds. The second kappa shape index (κ2) is 6.00. The third kappa shape index (κ3) is 3.00. The number of ether oxygens (including phenoxy) is 1. The molecule has 3 rings (SSSR count). The predicted molar refractivity (Wildman–Crippen MR) is 77.5 cm³/mol. The largest absolute Gasteiger partial charge is 0.374 e. The van der Waals surface area contributed by atoms with Gasteiger partial charge in [-0.3, -0.25) is 9.69 Å². The Kier molecular flexibility index (Phi) is 4.29. The molecular formula is C15H27N3O2. The monoisotopic (exact) mass is 281 g/mol. The van der Waals surface area contributed by atoms with Crippen molar-refractivity contribution < 1.29 is 9.53 Å². The summed E-state index contributed by atoms with van der Waals surface area (Å²) in [6, 6.07) is 0. The molecule has 5 heteroatoms. The van der Waals surface area contributed by atoms with Crippen molar-refractivity contribution in [2.75, 3.05) is 45.9 Å². The van der Waals surface area contributed by atoms with Gasteiger partial charge in [0.05, 0.1) is 12.7 Å². The third-order valence-corrected chi connectivity index (χ3v) is 5.28. The van der Waals surface area contributed by atoms with Crippen LogP contribution in [0, 0.1) is 11.3 Å². The summed E-state index contributed by atoms with van der Waals surface area (Å²) >= 11 is 0. The van der Waals surface area contributed by atoms with E-state index >= 15 is 0 Å². The van der Waals surface area contributed by atoms with Crippen molar-refractivity contribution in [2.45, 2.75) is 32.3 Å². The number of hydrogen-bond donors (Lipinski definition) is 2. The molecule has 2 N–H and O–H groups in total. The zero-order valence-corrected chi connectivity index (χ0v) is 12.5. The highest BCUT2D eigenvalue weighted by atomic mass is 16.5. The lowest BCUT2D eigenvalue weighted by atomic mass is 9.92. The van der Waals surface area contributed by atoms with E-state index < -0.39 is 0 Å². The van der Waals surface area contributed by atoms with Crippen LogP contribution < -0.4 is 10.6 Å². The number of nitrogens with zero attached hydrogens (tertiary/aromatic N) is 1. The molecule has 0 aromatic carbocycles. The molecule has 1 aliphatic carbocycles. The van der Waals surface area contributed by atoms with Crippen LogP contribution in [-0.4, -0.2) is 62.8 Å². The van der Waals surface area contributed by atoms with E-state index in [-0.39, 0.29) is 17.9 Å². The van der Waals surface area contributed by atoms with Crippen molar-refractivity contribution >= 4 is 5.91 Å². The number of piperidine rings is 1. The molecule has 2 saturated heterocycles. The molecule has 1 saturated carbocycles. The Morgan fingerprint density at radius 3 is 3.00 bits per heavy atom. The Morgan fingerprint density at radius 1 is 1.45 bits per heavy atom. The number of morpholine rings is 1. The van der Waals surface area contributed by atoms with Gasteiger partial charge in [-0.15, -0.1) is 0 Å². The van der Waals surface area contributed by atoms with E-state index in [1.54, 1.807) is 0 Å². The van der Waals surface area contributed by atoms with Crippen molar-refractivity contribution in [2.24, 2.45) is 11.3 Å². The fourth-order valence-corrected chi connectivity index (χ4v) is 3.72. The highest BCUT2D eigenvalue weighted by Crippen LogP contribution is 2.58. The molecule has 3 fully saturated rings. The quantitative estimate of drug-likeness (QED) is 0.774. The lowest BCUT2D eigenvalue weighted by Crippen LogP contribution is -2.47. The minimum absolute atomic E-state index is 0.162. The van der Waals surface area contributed by atoms with Gasteiger partial charge in [-0.1, -0.05) is 6.92 Å². The summed E-state index contributed by atoms with van der Waals surface area (Å²) < 4.78 is 5.73. The Bertz CT molecular complexity index is 355. The molecule has 114 valence electrons. The van der Waals surface area contributed by atoms with Crippen molar-refractivity contribution in [3.05, 3.63) is 0 Å². The highest BCUT2D eigenvalue weighted by Gasteiger charge is 2.57. The summed E-state index contributed by atoms with van der Waals surface area (Å²) in [6.45, 7) is 8.78. The third-order valence-electron chi connectivity index (χ3n) is 5.28. The maximum absolute atomic E-state index is 12.3. The van der Waals surface area contributed by atoms with Crippen molar-refractivity contribution in [1.29, 1.82) is 0 Å². The van der Waals surface area contributed by atoms with Gasteiger partial charge in [-0.25, -0.2) is 0 Å². The van der Waals surface area contributed by atoms with Gasteiger partial charge < -0.3 is 15.4 Å².